The third kappa shape index (κ3) is 3.39. The van der Waals surface area contributed by atoms with Gasteiger partial charge in [-0.1, -0.05) is 12.1 Å². The second-order valence-corrected chi connectivity index (χ2v) is 4.91. The van der Waals surface area contributed by atoms with Gasteiger partial charge in [0.15, 0.2) is 11.7 Å². The summed E-state index contributed by atoms with van der Waals surface area (Å²) in [5, 5.41) is 9.46. The van der Waals surface area contributed by atoms with Crippen molar-refractivity contribution in [1.29, 1.82) is 5.26 Å². The number of aromatic nitrogens is 2. The number of nitriles is 1. The molecule has 0 radical (unpaired) electrons. The van der Waals surface area contributed by atoms with Crippen molar-refractivity contribution in [3.05, 3.63) is 30.0 Å². The minimum absolute atomic E-state index is 0.221. The van der Waals surface area contributed by atoms with Crippen LogP contribution in [0.5, 0.6) is 0 Å². The molecule has 6 heteroatoms. The molecule has 0 unspecified atom stereocenters. The molecule has 0 aliphatic heterocycles. The number of rotatable bonds is 6. The van der Waals surface area contributed by atoms with E-state index >= 15 is 0 Å². The van der Waals surface area contributed by atoms with E-state index in [1.165, 1.54) is 0 Å². The fourth-order valence-corrected chi connectivity index (χ4v) is 2.40. The fourth-order valence-electron chi connectivity index (χ4n) is 2.40. The molecule has 1 aromatic heterocycles. The summed E-state index contributed by atoms with van der Waals surface area (Å²) in [6.07, 6.45) is 0. The van der Waals surface area contributed by atoms with Crippen molar-refractivity contribution in [2.75, 3.05) is 24.6 Å². The maximum atomic E-state index is 12.1. The van der Waals surface area contributed by atoms with Crippen LogP contribution < -0.4 is 4.90 Å². The number of hydrogen-bond donors (Lipinski definition) is 0. The van der Waals surface area contributed by atoms with E-state index in [1.807, 2.05) is 49.1 Å². The molecular formula is C17H20N4O2. The molecule has 2 rings (SSSR count). The van der Waals surface area contributed by atoms with Crippen LogP contribution in [0.4, 0.5) is 5.82 Å². The number of carbonyl (C=O) groups is 1. The third-order valence-corrected chi connectivity index (χ3v) is 3.57. The summed E-state index contributed by atoms with van der Waals surface area (Å²) in [4.78, 5) is 23.3. The van der Waals surface area contributed by atoms with Gasteiger partial charge in [-0.3, -0.25) is 4.79 Å². The van der Waals surface area contributed by atoms with E-state index in [2.05, 4.69) is 9.97 Å². The van der Waals surface area contributed by atoms with Gasteiger partial charge in [0.1, 0.15) is 5.69 Å². The van der Waals surface area contributed by atoms with Gasteiger partial charge in [0.25, 0.3) is 0 Å². The van der Waals surface area contributed by atoms with Crippen LogP contribution in [0.15, 0.2) is 24.3 Å². The first kappa shape index (κ1) is 16.7. The Kier molecular flexibility index (Phi) is 5.47. The normalized spacial score (nSPS) is 11.7. The average molecular weight is 312 g/mol. The Bertz CT molecular complexity index is 735. The van der Waals surface area contributed by atoms with E-state index in [9.17, 15) is 10.1 Å². The largest absolute Gasteiger partial charge is 0.465 e. The average Bonchev–Trinajstić information content (AvgIpc) is 2.57. The smallest absolute Gasteiger partial charge is 0.329 e. The van der Waals surface area contributed by atoms with E-state index in [4.69, 9.17) is 4.74 Å². The molecule has 0 spiro atoms. The highest BCUT2D eigenvalue weighted by molar-refractivity contribution is 5.85. The molecule has 0 fully saturated rings. The molecule has 0 aliphatic carbocycles. The summed E-state index contributed by atoms with van der Waals surface area (Å²) in [6.45, 7) is 7.34. The minimum Gasteiger partial charge on any atom is -0.465 e. The molecule has 0 aliphatic rings. The molecule has 2 aromatic rings. The molecule has 1 atom stereocenters. The summed E-state index contributed by atoms with van der Waals surface area (Å²) in [5.41, 5.74) is 1.75. The van der Waals surface area contributed by atoms with Crippen LogP contribution in [0.3, 0.4) is 0 Å². The number of esters is 1. The Labute approximate surface area is 135 Å². The second-order valence-electron chi connectivity index (χ2n) is 4.91. The molecule has 0 saturated heterocycles. The van der Waals surface area contributed by atoms with Crippen LogP contribution in [-0.4, -0.2) is 35.6 Å². The molecule has 0 amide bonds. The van der Waals surface area contributed by atoms with E-state index < -0.39 is 11.9 Å². The molecule has 0 bridgehead atoms. The molecule has 1 heterocycles. The lowest BCUT2D eigenvalue weighted by Crippen LogP contribution is -2.27. The molecule has 0 N–H and O–H groups in total. The number of para-hydroxylation sites is 2. The number of fused-ring (bicyclic) bond motifs is 1. The standard InChI is InChI=1S/C17H20N4O2/c1-4-21(5-2)16-15(12(11-18)17(22)23-6-3)19-13-9-7-8-10-14(13)20-16/h7-10,12H,4-6H2,1-3H3/t12-/m1/s1. The van der Waals surface area contributed by atoms with E-state index in [-0.39, 0.29) is 6.61 Å². The van der Waals surface area contributed by atoms with Crippen molar-refractivity contribution >= 4 is 22.8 Å². The van der Waals surface area contributed by atoms with E-state index in [0.717, 1.165) is 5.52 Å². The molecule has 23 heavy (non-hydrogen) atoms. The van der Waals surface area contributed by atoms with Crippen molar-refractivity contribution in [2.24, 2.45) is 0 Å². The highest BCUT2D eigenvalue weighted by Crippen LogP contribution is 2.27. The number of carbonyl (C=O) groups excluding carboxylic acids is 1. The maximum absolute atomic E-state index is 12.1. The number of nitrogens with zero attached hydrogens (tertiary/aromatic N) is 4. The minimum atomic E-state index is -1.08. The van der Waals surface area contributed by atoms with Gasteiger partial charge in [0.2, 0.25) is 0 Å². The highest BCUT2D eigenvalue weighted by Gasteiger charge is 2.29. The second kappa shape index (κ2) is 7.54. The SMILES string of the molecule is CCOC(=O)[C@H](C#N)c1nc2ccccc2nc1N(CC)CC. The first-order valence-corrected chi connectivity index (χ1v) is 7.74. The summed E-state index contributed by atoms with van der Waals surface area (Å²) >= 11 is 0. The van der Waals surface area contributed by atoms with Crippen molar-refractivity contribution < 1.29 is 9.53 Å². The Morgan fingerprint density at radius 1 is 1.22 bits per heavy atom. The lowest BCUT2D eigenvalue weighted by Gasteiger charge is -2.23. The Balaban J connectivity index is 2.65. The molecule has 0 saturated carbocycles. The predicted octanol–water partition coefficient (Wildman–Crippen LogP) is 2.65. The Hall–Kier alpha value is -2.68. The zero-order valence-corrected chi connectivity index (χ0v) is 13.6. The summed E-state index contributed by atoms with van der Waals surface area (Å²) in [6, 6.07) is 9.43. The van der Waals surface area contributed by atoms with Crippen LogP contribution in [0, 0.1) is 11.3 Å². The monoisotopic (exact) mass is 312 g/mol. The Morgan fingerprint density at radius 2 is 1.83 bits per heavy atom. The Morgan fingerprint density at radius 3 is 2.35 bits per heavy atom. The first-order chi connectivity index (χ1) is 11.2. The zero-order chi connectivity index (χ0) is 16.8. The van der Waals surface area contributed by atoms with Crippen molar-refractivity contribution in [1.82, 2.24) is 9.97 Å². The lowest BCUT2D eigenvalue weighted by molar-refractivity contribution is -0.143. The van der Waals surface area contributed by atoms with Gasteiger partial charge in [-0.15, -0.1) is 0 Å². The van der Waals surface area contributed by atoms with E-state index in [0.29, 0.717) is 30.1 Å². The van der Waals surface area contributed by atoms with Gasteiger partial charge in [0, 0.05) is 13.1 Å². The van der Waals surface area contributed by atoms with Crippen LogP contribution in [0.2, 0.25) is 0 Å². The van der Waals surface area contributed by atoms with Crippen LogP contribution in [0.25, 0.3) is 11.0 Å². The third-order valence-electron chi connectivity index (χ3n) is 3.57. The first-order valence-electron chi connectivity index (χ1n) is 7.74. The van der Waals surface area contributed by atoms with Crippen LogP contribution in [0.1, 0.15) is 32.4 Å². The highest BCUT2D eigenvalue weighted by atomic mass is 16.5. The predicted molar refractivity (Wildman–Crippen MR) is 88.1 cm³/mol. The van der Waals surface area contributed by atoms with Gasteiger partial charge in [-0.05, 0) is 32.9 Å². The number of hydrogen-bond acceptors (Lipinski definition) is 6. The number of benzene rings is 1. The van der Waals surface area contributed by atoms with Crippen molar-refractivity contribution in [2.45, 2.75) is 26.7 Å². The van der Waals surface area contributed by atoms with Gasteiger partial charge in [0.05, 0.1) is 23.7 Å². The number of ether oxygens (including phenoxy) is 1. The van der Waals surface area contributed by atoms with E-state index in [1.54, 1.807) is 6.92 Å². The maximum Gasteiger partial charge on any atom is 0.329 e. The van der Waals surface area contributed by atoms with Gasteiger partial charge in [-0.2, -0.15) is 5.26 Å². The quantitative estimate of drug-likeness (QED) is 0.763. The number of anilines is 1. The van der Waals surface area contributed by atoms with Crippen molar-refractivity contribution in [3.8, 4) is 6.07 Å². The van der Waals surface area contributed by atoms with Crippen LogP contribution >= 0.6 is 0 Å². The summed E-state index contributed by atoms with van der Waals surface area (Å²) in [7, 11) is 0. The van der Waals surface area contributed by atoms with Gasteiger partial charge >= 0.3 is 5.97 Å². The zero-order valence-electron chi connectivity index (χ0n) is 13.6. The summed E-state index contributed by atoms with van der Waals surface area (Å²) in [5.74, 6) is -1.11. The van der Waals surface area contributed by atoms with Gasteiger partial charge in [-0.25, -0.2) is 9.97 Å². The fraction of sp³-hybridized carbons (Fsp3) is 0.412. The molecule has 1 aromatic carbocycles. The molecule has 6 nitrogen and oxygen atoms in total. The lowest BCUT2D eigenvalue weighted by atomic mass is 10.1. The van der Waals surface area contributed by atoms with Crippen molar-refractivity contribution in [3.63, 3.8) is 0 Å². The summed E-state index contributed by atoms with van der Waals surface area (Å²) < 4.78 is 5.02. The topological polar surface area (TPSA) is 79.1 Å². The molecule has 120 valence electrons. The molecular weight excluding hydrogens is 292 g/mol. The van der Waals surface area contributed by atoms with Gasteiger partial charge < -0.3 is 9.64 Å². The van der Waals surface area contributed by atoms with Crippen LogP contribution in [-0.2, 0) is 9.53 Å².